The largest absolute Gasteiger partial charge is 0.436 e. The van der Waals surface area contributed by atoms with E-state index in [0.29, 0.717) is 23.8 Å². The summed E-state index contributed by atoms with van der Waals surface area (Å²) >= 11 is 0. The van der Waals surface area contributed by atoms with Crippen molar-refractivity contribution in [2.45, 2.75) is 26.7 Å². The smallest absolute Gasteiger partial charge is 0.295 e. The van der Waals surface area contributed by atoms with Gasteiger partial charge >= 0.3 is 0 Å². The van der Waals surface area contributed by atoms with Crippen molar-refractivity contribution < 1.29 is 13.6 Å². The van der Waals surface area contributed by atoms with Crippen LogP contribution in [0.2, 0.25) is 0 Å². The van der Waals surface area contributed by atoms with E-state index >= 15 is 0 Å². The fourth-order valence-electron chi connectivity index (χ4n) is 2.61. The van der Waals surface area contributed by atoms with Gasteiger partial charge in [-0.15, -0.1) is 0 Å². The third-order valence-corrected chi connectivity index (χ3v) is 3.51. The number of nitrogens with zero attached hydrogens (tertiary/aromatic N) is 2. The highest BCUT2D eigenvalue weighted by Gasteiger charge is 2.27. The van der Waals surface area contributed by atoms with Crippen molar-refractivity contribution in [3.8, 4) is 0 Å². The molecule has 0 radical (unpaired) electrons. The lowest BCUT2D eigenvalue weighted by molar-refractivity contribution is 0.0956. The summed E-state index contributed by atoms with van der Waals surface area (Å²) in [5, 5.41) is 0. The number of anilines is 1. The number of carbonyl (C=O) groups excluding carboxylic acids is 1. The van der Waals surface area contributed by atoms with E-state index in [-0.39, 0.29) is 17.5 Å². The van der Waals surface area contributed by atoms with Crippen LogP contribution in [0.25, 0.3) is 0 Å². The van der Waals surface area contributed by atoms with Crippen LogP contribution in [0.1, 0.15) is 34.1 Å². The number of aromatic nitrogens is 1. The predicted molar refractivity (Wildman–Crippen MR) is 72.4 cm³/mol. The van der Waals surface area contributed by atoms with Crippen LogP contribution >= 0.6 is 0 Å². The Morgan fingerprint density at radius 1 is 1.40 bits per heavy atom. The summed E-state index contributed by atoms with van der Waals surface area (Å²) in [6.45, 7) is 4.00. The zero-order valence-corrected chi connectivity index (χ0v) is 11.4. The van der Waals surface area contributed by atoms with Crippen LogP contribution in [0.15, 0.2) is 22.6 Å². The highest BCUT2D eigenvalue weighted by molar-refractivity contribution is 6.05. The van der Waals surface area contributed by atoms with Crippen LogP contribution in [0.3, 0.4) is 0 Å². The number of amides is 1. The fourth-order valence-corrected chi connectivity index (χ4v) is 2.61. The van der Waals surface area contributed by atoms with E-state index in [1.165, 1.54) is 12.1 Å². The van der Waals surface area contributed by atoms with E-state index in [4.69, 9.17) is 4.42 Å². The van der Waals surface area contributed by atoms with Crippen molar-refractivity contribution >= 4 is 11.6 Å². The quantitative estimate of drug-likeness (QED) is 0.803. The van der Waals surface area contributed by atoms with Crippen LogP contribution in [0.5, 0.6) is 0 Å². The Balaban J connectivity index is 2.02. The Morgan fingerprint density at radius 2 is 2.20 bits per heavy atom. The zero-order valence-electron chi connectivity index (χ0n) is 11.4. The number of aryl methyl sites for hydroxylation is 3. The van der Waals surface area contributed by atoms with Crippen LogP contribution in [0.4, 0.5) is 10.1 Å². The third-order valence-electron chi connectivity index (χ3n) is 3.51. The maximum absolute atomic E-state index is 13.4. The van der Waals surface area contributed by atoms with Crippen LogP contribution in [-0.2, 0) is 6.42 Å². The third kappa shape index (κ3) is 2.09. The molecule has 0 spiro atoms. The second kappa shape index (κ2) is 4.74. The van der Waals surface area contributed by atoms with Crippen molar-refractivity contribution in [1.29, 1.82) is 0 Å². The van der Waals surface area contributed by atoms with E-state index in [0.717, 1.165) is 18.4 Å². The van der Waals surface area contributed by atoms with Crippen LogP contribution < -0.4 is 4.90 Å². The molecule has 0 aliphatic carbocycles. The normalized spacial score (nSPS) is 14.2. The highest BCUT2D eigenvalue weighted by Crippen LogP contribution is 2.29. The summed E-state index contributed by atoms with van der Waals surface area (Å²) in [5.41, 5.74) is 2.19. The number of fused-ring (bicyclic) bond motifs is 1. The zero-order chi connectivity index (χ0) is 14.3. The van der Waals surface area contributed by atoms with Gasteiger partial charge in [-0.3, -0.25) is 4.79 Å². The molecule has 1 aromatic heterocycles. The summed E-state index contributed by atoms with van der Waals surface area (Å²) in [7, 11) is 0. The summed E-state index contributed by atoms with van der Waals surface area (Å²) < 4.78 is 18.8. The van der Waals surface area contributed by atoms with Gasteiger partial charge in [0.15, 0.2) is 5.89 Å². The lowest BCUT2D eigenvalue weighted by atomic mass is 10.0. The molecule has 20 heavy (non-hydrogen) atoms. The molecule has 0 unspecified atom stereocenters. The number of hydrogen-bond acceptors (Lipinski definition) is 3. The van der Waals surface area contributed by atoms with Gasteiger partial charge in [0.05, 0.1) is 11.4 Å². The molecule has 3 rings (SSSR count). The van der Waals surface area contributed by atoms with E-state index in [2.05, 4.69) is 4.98 Å². The van der Waals surface area contributed by atoms with Crippen LogP contribution in [0, 0.1) is 19.7 Å². The van der Waals surface area contributed by atoms with E-state index in [9.17, 15) is 9.18 Å². The van der Waals surface area contributed by atoms with E-state index in [1.807, 2.05) is 0 Å². The molecule has 4 nitrogen and oxygen atoms in total. The molecule has 0 atom stereocenters. The fraction of sp³-hybridized carbons (Fsp3) is 0.333. The number of oxazole rings is 1. The molecule has 2 aromatic rings. The molecule has 1 aliphatic heterocycles. The summed E-state index contributed by atoms with van der Waals surface area (Å²) in [4.78, 5) is 18.3. The number of rotatable bonds is 1. The number of carbonyl (C=O) groups is 1. The van der Waals surface area contributed by atoms with Gasteiger partial charge in [-0.25, -0.2) is 9.37 Å². The van der Waals surface area contributed by atoms with Crippen molar-refractivity contribution in [3.05, 3.63) is 46.9 Å². The lowest BCUT2D eigenvalue weighted by Gasteiger charge is -2.28. The van der Waals surface area contributed by atoms with Gasteiger partial charge in [-0.05, 0) is 37.5 Å². The first-order chi connectivity index (χ1) is 9.56. The first-order valence-corrected chi connectivity index (χ1v) is 6.60. The van der Waals surface area contributed by atoms with E-state index in [1.54, 1.807) is 24.8 Å². The molecule has 0 fully saturated rings. The molecular weight excluding hydrogens is 259 g/mol. The van der Waals surface area contributed by atoms with Gasteiger partial charge in [-0.1, -0.05) is 6.07 Å². The predicted octanol–water partition coefficient (Wildman–Crippen LogP) is 3.02. The summed E-state index contributed by atoms with van der Waals surface area (Å²) in [6.07, 6.45) is 1.71. The second-order valence-corrected chi connectivity index (χ2v) is 4.98. The Kier molecular flexibility index (Phi) is 3.04. The minimum Gasteiger partial charge on any atom is -0.436 e. The summed E-state index contributed by atoms with van der Waals surface area (Å²) in [5.74, 6) is 0.102. The highest BCUT2D eigenvalue weighted by atomic mass is 19.1. The molecule has 5 heteroatoms. The first-order valence-electron chi connectivity index (χ1n) is 6.60. The molecule has 0 N–H and O–H groups in total. The van der Waals surface area contributed by atoms with Gasteiger partial charge in [0.1, 0.15) is 5.82 Å². The minimum atomic E-state index is -0.339. The number of benzene rings is 1. The monoisotopic (exact) mass is 274 g/mol. The molecule has 1 aliphatic rings. The number of hydrogen-bond donors (Lipinski definition) is 0. The van der Waals surface area contributed by atoms with Gasteiger partial charge in [-0.2, -0.15) is 0 Å². The second-order valence-electron chi connectivity index (χ2n) is 4.98. The molecule has 0 saturated heterocycles. The lowest BCUT2D eigenvalue weighted by Crippen LogP contribution is -2.35. The maximum Gasteiger partial charge on any atom is 0.295 e. The minimum absolute atomic E-state index is 0.236. The standard InChI is InChI=1S/C15H15FN2O2/c1-9-14(20-10(2)17-9)15(19)18-7-3-4-11-5-6-12(16)8-13(11)18/h5-6,8H,3-4,7H2,1-2H3. The molecule has 2 heterocycles. The molecule has 1 amide bonds. The molecule has 104 valence electrons. The van der Waals surface area contributed by atoms with Crippen LogP contribution in [-0.4, -0.2) is 17.4 Å². The van der Waals surface area contributed by atoms with E-state index < -0.39 is 0 Å². The number of halogens is 1. The molecule has 0 saturated carbocycles. The Bertz CT molecular complexity index is 679. The average molecular weight is 274 g/mol. The van der Waals surface area contributed by atoms with Crippen molar-refractivity contribution in [1.82, 2.24) is 4.98 Å². The molecular formula is C15H15FN2O2. The summed E-state index contributed by atoms with van der Waals surface area (Å²) in [6, 6.07) is 4.57. The average Bonchev–Trinajstić information content (AvgIpc) is 2.76. The van der Waals surface area contributed by atoms with Gasteiger partial charge in [0.2, 0.25) is 5.76 Å². The topological polar surface area (TPSA) is 46.3 Å². The van der Waals surface area contributed by atoms with Crippen molar-refractivity contribution in [3.63, 3.8) is 0 Å². The SMILES string of the molecule is Cc1nc(C)c(C(=O)N2CCCc3ccc(F)cc32)o1. The van der Waals surface area contributed by atoms with Crippen molar-refractivity contribution in [2.24, 2.45) is 0 Å². The Labute approximate surface area is 116 Å². The molecule has 1 aromatic carbocycles. The maximum atomic E-state index is 13.4. The van der Waals surface area contributed by atoms with Crippen molar-refractivity contribution in [2.75, 3.05) is 11.4 Å². The Morgan fingerprint density at radius 3 is 2.90 bits per heavy atom. The van der Waals surface area contributed by atoms with Gasteiger partial charge < -0.3 is 9.32 Å². The van der Waals surface area contributed by atoms with Gasteiger partial charge in [0.25, 0.3) is 5.91 Å². The Hall–Kier alpha value is -2.17. The first kappa shape index (κ1) is 12.8. The molecule has 0 bridgehead atoms. The van der Waals surface area contributed by atoms with Gasteiger partial charge in [0, 0.05) is 13.5 Å².